The van der Waals surface area contributed by atoms with Gasteiger partial charge >= 0.3 is 0 Å². The Balaban J connectivity index is 3.24. The minimum atomic E-state index is -1.86. The van der Waals surface area contributed by atoms with Gasteiger partial charge in [0.1, 0.15) is 0 Å². The van der Waals surface area contributed by atoms with Gasteiger partial charge in [0.15, 0.2) is 17.4 Å². The van der Waals surface area contributed by atoms with Gasteiger partial charge in [-0.05, 0) is 6.92 Å². The van der Waals surface area contributed by atoms with Gasteiger partial charge in [0.05, 0.1) is 6.61 Å². The van der Waals surface area contributed by atoms with Crippen LogP contribution in [0.5, 0.6) is 5.75 Å². The van der Waals surface area contributed by atoms with Crippen molar-refractivity contribution in [1.82, 2.24) is 0 Å². The molecule has 1 rings (SSSR count). The minimum absolute atomic E-state index is 0.0431. The standard InChI is InChI=1S/C8H6F4O/c1-2-13-5-3-4(9)6(10)8(12)7(5)11/h3H,2H2,1H3. The highest BCUT2D eigenvalue weighted by Gasteiger charge is 2.19. The van der Waals surface area contributed by atoms with Crippen molar-refractivity contribution in [3.05, 3.63) is 29.3 Å². The summed E-state index contributed by atoms with van der Waals surface area (Å²) in [7, 11) is 0. The fourth-order valence-corrected chi connectivity index (χ4v) is 0.812. The molecule has 13 heavy (non-hydrogen) atoms. The molecule has 1 aromatic carbocycles. The first-order chi connectivity index (χ1) is 6.07. The van der Waals surface area contributed by atoms with Crippen LogP contribution >= 0.6 is 0 Å². The summed E-state index contributed by atoms with van der Waals surface area (Å²) >= 11 is 0. The molecule has 0 aliphatic carbocycles. The van der Waals surface area contributed by atoms with Crippen LogP contribution < -0.4 is 4.74 Å². The quantitative estimate of drug-likeness (QED) is 0.399. The number of hydrogen-bond acceptors (Lipinski definition) is 1. The van der Waals surface area contributed by atoms with E-state index in [1.54, 1.807) is 0 Å². The molecular weight excluding hydrogens is 188 g/mol. The summed E-state index contributed by atoms with van der Waals surface area (Å²) in [6, 6.07) is 0.469. The molecule has 0 saturated carbocycles. The van der Waals surface area contributed by atoms with Crippen LogP contribution in [0.2, 0.25) is 0 Å². The summed E-state index contributed by atoms with van der Waals surface area (Å²) in [4.78, 5) is 0. The van der Waals surface area contributed by atoms with Crippen LogP contribution in [0.15, 0.2) is 6.07 Å². The van der Waals surface area contributed by atoms with E-state index in [0.717, 1.165) is 0 Å². The topological polar surface area (TPSA) is 9.23 Å². The normalized spacial score (nSPS) is 10.2. The predicted octanol–water partition coefficient (Wildman–Crippen LogP) is 2.64. The van der Waals surface area contributed by atoms with E-state index in [1.807, 2.05) is 0 Å². The summed E-state index contributed by atoms with van der Waals surface area (Å²) in [5.41, 5.74) is 0. The van der Waals surface area contributed by atoms with Gasteiger partial charge in [-0.1, -0.05) is 0 Å². The number of ether oxygens (including phenoxy) is 1. The van der Waals surface area contributed by atoms with Crippen molar-refractivity contribution < 1.29 is 22.3 Å². The van der Waals surface area contributed by atoms with Crippen molar-refractivity contribution in [3.63, 3.8) is 0 Å². The van der Waals surface area contributed by atoms with Crippen molar-refractivity contribution >= 4 is 0 Å². The fourth-order valence-electron chi connectivity index (χ4n) is 0.812. The predicted molar refractivity (Wildman–Crippen MR) is 37.4 cm³/mol. The molecule has 0 radical (unpaired) electrons. The van der Waals surface area contributed by atoms with E-state index < -0.39 is 29.0 Å². The molecule has 0 N–H and O–H groups in total. The summed E-state index contributed by atoms with van der Waals surface area (Å²) in [5.74, 6) is -7.30. The molecule has 0 atom stereocenters. The number of rotatable bonds is 2. The van der Waals surface area contributed by atoms with Crippen molar-refractivity contribution in [2.75, 3.05) is 6.61 Å². The van der Waals surface area contributed by atoms with Gasteiger partial charge in [-0.3, -0.25) is 0 Å². The Labute approximate surface area is 71.9 Å². The van der Waals surface area contributed by atoms with E-state index in [4.69, 9.17) is 0 Å². The van der Waals surface area contributed by atoms with E-state index in [9.17, 15) is 17.6 Å². The zero-order chi connectivity index (χ0) is 10.0. The lowest BCUT2D eigenvalue weighted by molar-refractivity contribution is 0.302. The number of hydrogen-bond donors (Lipinski definition) is 0. The molecule has 0 fully saturated rings. The summed E-state index contributed by atoms with van der Waals surface area (Å²) in [6.45, 7) is 1.56. The van der Waals surface area contributed by atoms with Crippen LogP contribution in [0.3, 0.4) is 0 Å². The van der Waals surface area contributed by atoms with Crippen LogP contribution in [0, 0.1) is 23.3 Å². The van der Waals surface area contributed by atoms with Gasteiger partial charge in [0.2, 0.25) is 11.6 Å². The zero-order valence-electron chi connectivity index (χ0n) is 6.70. The molecule has 0 aliphatic rings. The molecule has 0 aliphatic heterocycles. The van der Waals surface area contributed by atoms with E-state index >= 15 is 0 Å². The lowest BCUT2D eigenvalue weighted by Crippen LogP contribution is -2.01. The Hall–Kier alpha value is -1.26. The third-order valence-corrected chi connectivity index (χ3v) is 1.37. The first-order valence-electron chi connectivity index (χ1n) is 3.53. The van der Waals surface area contributed by atoms with Gasteiger partial charge < -0.3 is 4.74 Å². The van der Waals surface area contributed by atoms with E-state index in [0.29, 0.717) is 6.07 Å². The highest BCUT2D eigenvalue weighted by molar-refractivity contribution is 5.27. The number of benzene rings is 1. The minimum Gasteiger partial charge on any atom is -0.491 e. The summed E-state index contributed by atoms with van der Waals surface area (Å²) in [5, 5.41) is 0. The van der Waals surface area contributed by atoms with E-state index in [-0.39, 0.29) is 6.61 Å². The van der Waals surface area contributed by atoms with Crippen molar-refractivity contribution in [2.45, 2.75) is 6.92 Å². The van der Waals surface area contributed by atoms with Crippen LogP contribution in [0.4, 0.5) is 17.6 Å². The smallest absolute Gasteiger partial charge is 0.203 e. The van der Waals surface area contributed by atoms with Crippen LogP contribution in [-0.2, 0) is 0 Å². The van der Waals surface area contributed by atoms with Crippen LogP contribution in [0.25, 0.3) is 0 Å². The average Bonchev–Trinajstić information content (AvgIpc) is 2.11. The maximum atomic E-state index is 12.7. The third kappa shape index (κ3) is 1.74. The number of halogens is 4. The van der Waals surface area contributed by atoms with Crippen LogP contribution in [-0.4, -0.2) is 6.61 Å². The lowest BCUT2D eigenvalue weighted by Gasteiger charge is -2.05. The second-order valence-corrected chi connectivity index (χ2v) is 2.23. The second-order valence-electron chi connectivity index (χ2n) is 2.23. The third-order valence-electron chi connectivity index (χ3n) is 1.37. The second kappa shape index (κ2) is 3.64. The maximum absolute atomic E-state index is 12.7. The SMILES string of the molecule is CCOc1cc(F)c(F)c(F)c1F. The zero-order valence-corrected chi connectivity index (χ0v) is 6.70. The molecule has 0 bridgehead atoms. The van der Waals surface area contributed by atoms with Gasteiger partial charge in [0.25, 0.3) is 0 Å². The van der Waals surface area contributed by atoms with Crippen LogP contribution in [0.1, 0.15) is 6.92 Å². The summed E-state index contributed by atoms with van der Waals surface area (Å²) in [6.07, 6.45) is 0. The molecule has 72 valence electrons. The highest BCUT2D eigenvalue weighted by atomic mass is 19.2. The fraction of sp³-hybridized carbons (Fsp3) is 0.250. The van der Waals surface area contributed by atoms with Gasteiger partial charge in [-0.15, -0.1) is 0 Å². The van der Waals surface area contributed by atoms with Gasteiger partial charge in [0, 0.05) is 6.07 Å². The molecule has 1 aromatic rings. The average molecular weight is 194 g/mol. The Kier molecular flexibility index (Phi) is 2.75. The van der Waals surface area contributed by atoms with Crippen molar-refractivity contribution in [2.24, 2.45) is 0 Å². The molecule has 0 saturated heterocycles. The molecule has 0 unspecified atom stereocenters. The highest BCUT2D eigenvalue weighted by Crippen LogP contribution is 2.24. The maximum Gasteiger partial charge on any atom is 0.203 e. The van der Waals surface area contributed by atoms with Crippen molar-refractivity contribution in [1.29, 1.82) is 0 Å². The van der Waals surface area contributed by atoms with Gasteiger partial charge in [-0.2, -0.15) is 4.39 Å². The van der Waals surface area contributed by atoms with Gasteiger partial charge in [-0.25, -0.2) is 13.2 Å². The molecule has 0 heterocycles. The Morgan fingerprint density at radius 1 is 1.08 bits per heavy atom. The molecule has 0 spiro atoms. The largest absolute Gasteiger partial charge is 0.491 e. The Morgan fingerprint density at radius 3 is 2.23 bits per heavy atom. The van der Waals surface area contributed by atoms with E-state index in [2.05, 4.69) is 4.74 Å². The van der Waals surface area contributed by atoms with E-state index in [1.165, 1.54) is 6.92 Å². The molecular formula is C8H6F4O. The summed E-state index contributed by atoms with van der Waals surface area (Å²) < 4.78 is 54.6. The monoisotopic (exact) mass is 194 g/mol. The van der Waals surface area contributed by atoms with Crippen molar-refractivity contribution in [3.8, 4) is 5.75 Å². The molecule has 1 nitrogen and oxygen atoms in total. The first-order valence-corrected chi connectivity index (χ1v) is 3.53. The first kappa shape index (κ1) is 9.83. The molecule has 0 aromatic heterocycles. The lowest BCUT2D eigenvalue weighted by atomic mass is 10.3. The Morgan fingerprint density at radius 2 is 1.69 bits per heavy atom. The molecule has 5 heteroatoms. The molecule has 0 amide bonds. The Bertz CT molecular complexity index is 324.